The molecule has 2 aromatic carbocycles. The molecule has 0 heterocycles. The highest BCUT2D eigenvalue weighted by Crippen LogP contribution is 2.14. The van der Waals surface area contributed by atoms with Gasteiger partial charge in [-0.1, -0.05) is 24.3 Å². The Balaban J connectivity index is 1.77. The van der Waals surface area contributed by atoms with Crippen LogP contribution in [0.3, 0.4) is 0 Å². The van der Waals surface area contributed by atoms with Crippen molar-refractivity contribution in [1.82, 2.24) is 10.7 Å². The van der Waals surface area contributed by atoms with Gasteiger partial charge in [0.2, 0.25) is 0 Å². The zero-order valence-corrected chi connectivity index (χ0v) is 17.9. The molecule has 0 bridgehead atoms. The lowest BCUT2D eigenvalue weighted by Gasteiger charge is -2.20. The highest BCUT2D eigenvalue weighted by Gasteiger charge is 2.01. The summed E-state index contributed by atoms with van der Waals surface area (Å²) in [7, 11) is 0. The van der Waals surface area contributed by atoms with Crippen molar-refractivity contribution in [3.8, 4) is 5.75 Å². The van der Waals surface area contributed by atoms with Crippen molar-refractivity contribution < 1.29 is 4.74 Å². The lowest BCUT2D eigenvalue weighted by Crippen LogP contribution is -2.31. The van der Waals surface area contributed by atoms with Crippen molar-refractivity contribution in [2.24, 2.45) is 5.10 Å². The van der Waals surface area contributed by atoms with E-state index >= 15 is 0 Å². The Hall–Kier alpha value is -2.60. The summed E-state index contributed by atoms with van der Waals surface area (Å²) in [5, 5.41) is 7.83. The fourth-order valence-corrected chi connectivity index (χ4v) is 2.83. The van der Waals surface area contributed by atoms with E-state index in [1.165, 1.54) is 5.69 Å². The Morgan fingerprint density at radius 1 is 1.07 bits per heavy atom. The van der Waals surface area contributed by atoms with E-state index < -0.39 is 0 Å². The van der Waals surface area contributed by atoms with E-state index in [0.717, 1.165) is 30.0 Å². The molecule has 0 radical (unpaired) electrons. The first-order valence-corrected chi connectivity index (χ1v) is 10.1. The first-order valence-electron chi connectivity index (χ1n) is 9.69. The fourth-order valence-electron chi connectivity index (χ4n) is 2.71. The minimum atomic E-state index is 0.173. The Labute approximate surface area is 173 Å². The molecule has 28 heavy (non-hydrogen) atoms. The van der Waals surface area contributed by atoms with Crippen molar-refractivity contribution in [2.75, 3.05) is 18.0 Å². The van der Waals surface area contributed by atoms with E-state index in [4.69, 9.17) is 17.0 Å². The average Bonchev–Trinajstić information content (AvgIpc) is 2.69. The smallest absolute Gasteiger partial charge is 0.187 e. The Morgan fingerprint density at radius 3 is 2.29 bits per heavy atom. The van der Waals surface area contributed by atoms with Gasteiger partial charge in [0.1, 0.15) is 5.75 Å². The summed E-state index contributed by atoms with van der Waals surface area (Å²) < 4.78 is 5.64. The minimum absolute atomic E-state index is 0.173. The lowest BCUT2D eigenvalue weighted by molar-refractivity contribution is 0.242. The van der Waals surface area contributed by atoms with Crippen LogP contribution >= 0.6 is 12.2 Å². The van der Waals surface area contributed by atoms with E-state index in [2.05, 4.69) is 58.9 Å². The zero-order chi connectivity index (χ0) is 20.4. The lowest BCUT2D eigenvalue weighted by atomic mass is 10.2. The maximum Gasteiger partial charge on any atom is 0.187 e. The predicted molar refractivity (Wildman–Crippen MR) is 122 cm³/mol. The molecule has 0 atom stereocenters. The minimum Gasteiger partial charge on any atom is -0.491 e. The summed E-state index contributed by atoms with van der Waals surface area (Å²) in [6, 6.07) is 16.3. The Bertz CT molecular complexity index is 753. The number of nitrogens with one attached hydrogen (secondary N) is 2. The molecule has 0 saturated carbocycles. The molecule has 0 aliphatic heterocycles. The molecule has 0 aromatic heterocycles. The molecule has 150 valence electrons. The predicted octanol–water partition coefficient (Wildman–Crippen LogP) is 4.32. The van der Waals surface area contributed by atoms with Crippen molar-refractivity contribution in [2.45, 2.75) is 40.3 Å². The van der Waals surface area contributed by atoms with Crippen LogP contribution in [0, 0.1) is 0 Å². The summed E-state index contributed by atoms with van der Waals surface area (Å²) in [4.78, 5) is 2.31. The SMILES string of the molecule is CCN(CC)c1ccc(/C=N/NC(=S)NCc2ccc(OC(C)C)cc2)cc1. The van der Waals surface area contributed by atoms with E-state index in [1.54, 1.807) is 6.21 Å². The molecule has 0 aliphatic carbocycles. The van der Waals surface area contributed by atoms with Gasteiger partial charge in [0, 0.05) is 25.3 Å². The summed E-state index contributed by atoms with van der Waals surface area (Å²) in [5.74, 6) is 0.871. The average molecular weight is 399 g/mol. The molecule has 0 saturated heterocycles. The van der Waals surface area contributed by atoms with Gasteiger partial charge >= 0.3 is 0 Å². The number of anilines is 1. The second kappa shape index (κ2) is 11.3. The standard InChI is InChI=1S/C22H30N4OS/c1-5-26(6-2)20-11-7-19(8-12-20)16-24-25-22(28)23-15-18-9-13-21(14-10-18)27-17(3)4/h7-14,16-17H,5-6,15H2,1-4H3,(H2,23,25,28)/b24-16+. The quantitative estimate of drug-likeness (QED) is 0.374. The van der Waals surface area contributed by atoms with Gasteiger partial charge in [-0.05, 0) is 75.3 Å². The summed E-state index contributed by atoms with van der Waals surface area (Å²) in [5.41, 5.74) is 6.21. The molecule has 6 heteroatoms. The van der Waals surface area contributed by atoms with Crippen LogP contribution in [0.4, 0.5) is 5.69 Å². The second-order valence-corrected chi connectivity index (χ2v) is 7.04. The van der Waals surface area contributed by atoms with Crippen molar-refractivity contribution in [3.63, 3.8) is 0 Å². The van der Waals surface area contributed by atoms with E-state index in [9.17, 15) is 0 Å². The third-order valence-corrected chi connectivity index (χ3v) is 4.39. The molecule has 0 aliphatic rings. The first kappa shape index (κ1) is 21.7. The largest absolute Gasteiger partial charge is 0.491 e. The number of hydrogen-bond acceptors (Lipinski definition) is 4. The van der Waals surface area contributed by atoms with Gasteiger partial charge < -0.3 is 15.0 Å². The van der Waals surface area contributed by atoms with Gasteiger partial charge in [-0.25, -0.2) is 0 Å². The number of ether oxygens (including phenoxy) is 1. The van der Waals surface area contributed by atoms with Gasteiger partial charge in [0.05, 0.1) is 12.3 Å². The zero-order valence-electron chi connectivity index (χ0n) is 17.1. The molecule has 2 N–H and O–H groups in total. The monoisotopic (exact) mass is 398 g/mol. The highest BCUT2D eigenvalue weighted by atomic mass is 32.1. The summed E-state index contributed by atoms with van der Waals surface area (Å²) in [6.45, 7) is 11.0. The normalized spacial score (nSPS) is 10.9. The van der Waals surface area contributed by atoms with Crippen LogP contribution in [0.2, 0.25) is 0 Å². The van der Waals surface area contributed by atoms with Crippen LogP contribution < -0.4 is 20.4 Å². The molecule has 0 amide bonds. The summed E-state index contributed by atoms with van der Waals surface area (Å²) in [6.07, 6.45) is 1.94. The third kappa shape index (κ3) is 7.19. The molecular formula is C22H30N4OS. The topological polar surface area (TPSA) is 48.9 Å². The van der Waals surface area contributed by atoms with Crippen LogP contribution in [-0.4, -0.2) is 30.5 Å². The molecular weight excluding hydrogens is 368 g/mol. The number of rotatable bonds is 9. The van der Waals surface area contributed by atoms with Gasteiger partial charge in [0.25, 0.3) is 0 Å². The van der Waals surface area contributed by atoms with Crippen LogP contribution in [-0.2, 0) is 6.54 Å². The number of thiocarbonyl (C=S) groups is 1. The van der Waals surface area contributed by atoms with Crippen molar-refractivity contribution in [1.29, 1.82) is 0 Å². The molecule has 5 nitrogen and oxygen atoms in total. The number of hydrogen-bond donors (Lipinski definition) is 2. The molecule has 2 rings (SSSR count). The van der Waals surface area contributed by atoms with Gasteiger partial charge in [0.15, 0.2) is 5.11 Å². The second-order valence-electron chi connectivity index (χ2n) is 6.63. The molecule has 2 aromatic rings. The van der Waals surface area contributed by atoms with Crippen molar-refractivity contribution in [3.05, 3.63) is 59.7 Å². The van der Waals surface area contributed by atoms with Crippen LogP contribution in [0.25, 0.3) is 0 Å². The van der Waals surface area contributed by atoms with Crippen LogP contribution in [0.5, 0.6) is 5.75 Å². The number of hydrazone groups is 1. The number of nitrogens with zero attached hydrogens (tertiary/aromatic N) is 2. The Morgan fingerprint density at radius 2 is 1.71 bits per heavy atom. The fraction of sp³-hybridized carbons (Fsp3) is 0.364. The maximum absolute atomic E-state index is 5.64. The van der Waals surface area contributed by atoms with Gasteiger partial charge in [-0.15, -0.1) is 0 Å². The first-order chi connectivity index (χ1) is 13.5. The van der Waals surface area contributed by atoms with Gasteiger partial charge in [-0.2, -0.15) is 5.10 Å². The van der Waals surface area contributed by atoms with E-state index in [0.29, 0.717) is 11.7 Å². The Kier molecular flexibility index (Phi) is 8.75. The molecule has 0 fully saturated rings. The molecule has 0 unspecified atom stereocenters. The molecule has 0 spiro atoms. The van der Waals surface area contributed by atoms with Gasteiger partial charge in [-0.3, -0.25) is 5.43 Å². The maximum atomic E-state index is 5.64. The number of benzene rings is 2. The summed E-state index contributed by atoms with van der Waals surface area (Å²) >= 11 is 5.27. The van der Waals surface area contributed by atoms with E-state index in [1.807, 2.05) is 38.1 Å². The van der Waals surface area contributed by atoms with E-state index in [-0.39, 0.29) is 6.10 Å². The van der Waals surface area contributed by atoms with Crippen LogP contribution in [0.1, 0.15) is 38.8 Å². The van der Waals surface area contributed by atoms with Crippen LogP contribution in [0.15, 0.2) is 53.6 Å². The highest BCUT2D eigenvalue weighted by molar-refractivity contribution is 7.80. The third-order valence-electron chi connectivity index (χ3n) is 4.15. The van der Waals surface area contributed by atoms with Crippen molar-refractivity contribution >= 4 is 29.2 Å².